The molecule has 1 spiro atoms. The van der Waals surface area contributed by atoms with Crippen LogP contribution in [0.4, 0.5) is 0 Å². The van der Waals surface area contributed by atoms with E-state index in [9.17, 15) is 0 Å². The van der Waals surface area contributed by atoms with Gasteiger partial charge in [-0.05, 0) is 42.2 Å². The lowest BCUT2D eigenvalue weighted by atomic mass is 9.92. The molecule has 2 saturated heterocycles. The van der Waals surface area contributed by atoms with Gasteiger partial charge in [0, 0.05) is 0 Å². The summed E-state index contributed by atoms with van der Waals surface area (Å²) < 4.78 is 0. The Balaban J connectivity index is 1.45. The molecule has 0 saturated carbocycles. The van der Waals surface area contributed by atoms with Crippen LogP contribution in [0.2, 0.25) is 24.2 Å². The van der Waals surface area contributed by atoms with E-state index in [4.69, 9.17) is 0 Å². The van der Waals surface area contributed by atoms with Crippen LogP contribution in [0.1, 0.15) is 88.7 Å². The van der Waals surface area contributed by atoms with Crippen LogP contribution in [0.15, 0.2) is 24.3 Å². The summed E-state index contributed by atoms with van der Waals surface area (Å²) in [5, 5.41) is 0. The summed E-state index contributed by atoms with van der Waals surface area (Å²) in [6.45, 7) is 4.61. The van der Waals surface area contributed by atoms with Crippen LogP contribution in [0.5, 0.6) is 0 Å². The average Bonchev–Trinajstić information content (AvgIpc) is 2.65. The first-order valence-electron chi connectivity index (χ1n) is 11.3. The Hall–Kier alpha value is -0.563. The van der Waals surface area contributed by atoms with Gasteiger partial charge in [-0.25, -0.2) is 0 Å². The van der Waals surface area contributed by atoms with Crippen LogP contribution in [-0.4, -0.2) is 8.07 Å². The highest BCUT2D eigenvalue weighted by atomic mass is 28.3. The van der Waals surface area contributed by atoms with Gasteiger partial charge in [-0.3, -0.25) is 0 Å². The number of unbranched alkanes of at least 4 members (excludes halogenated alkanes) is 2. The van der Waals surface area contributed by atoms with Gasteiger partial charge in [-0.1, -0.05) is 107 Å². The highest BCUT2D eigenvalue weighted by molar-refractivity contribution is 6.80. The van der Waals surface area contributed by atoms with Crippen LogP contribution >= 0.6 is 0 Å². The smallest absolute Gasteiger partial charge is 0.0536 e. The molecule has 2 aliphatic rings. The van der Waals surface area contributed by atoms with E-state index in [0.717, 1.165) is 11.8 Å². The minimum atomic E-state index is -0.857. The average molecular weight is 357 g/mol. The maximum Gasteiger partial charge on any atom is 0.0536 e. The van der Waals surface area contributed by atoms with Gasteiger partial charge >= 0.3 is 0 Å². The van der Waals surface area contributed by atoms with Crippen molar-refractivity contribution in [1.82, 2.24) is 0 Å². The van der Waals surface area contributed by atoms with Gasteiger partial charge in [-0.2, -0.15) is 0 Å². The normalized spacial score (nSPS) is 29.8. The molecular weight excluding hydrogens is 316 g/mol. The maximum absolute atomic E-state index is 2.44. The van der Waals surface area contributed by atoms with Crippen molar-refractivity contribution in [3.05, 3.63) is 35.4 Å². The number of rotatable bonds is 7. The lowest BCUT2D eigenvalue weighted by molar-refractivity contribution is 0.407. The first-order valence-corrected chi connectivity index (χ1v) is 14.2. The van der Waals surface area contributed by atoms with E-state index < -0.39 is 8.07 Å². The van der Waals surface area contributed by atoms with E-state index in [1.165, 1.54) is 56.9 Å². The first-order chi connectivity index (χ1) is 12.2. The zero-order valence-electron chi connectivity index (χ0n) is 16.9. The summed E-state index contributed by atoms with van der Waals surface area (Å²) in [4.78, 5) is 0. The number of hydrogen-bond donors (Lipinski definition) is 0. The van der Waals surface area contributed by atoms with Gasteiger partial charge in [0.15, 0.2) is 0 Å². The van der Waals surface area contributed by atoms with E-state index in [-0.39, 0.29) is 0 Å². The third-order valence-electron chi connectivity index (χ3n) is 7.42. The van der Waals surface area contributed by atoms with Crippen molar-refractivity contribution in [3.8, 4) is 0 Å². The summed E-state index contributed by atoms with van der Waals surface area (Å²) in [6, 6.07) is 16.3. The second-order valence-corrected chi connectivity index (χ2v) is 14.2. The van der Waals surface area contributed by atoms with E-state index in [2.05, 4.69) is 38.1 Å². The summed E-state index contributed by atoms with van der Waals surface area (Å²) in [7, 11) is -0.857. The van der Waals surface area contributed by atoms with E-state index >= 15 is 0 Å². The molecule has 3 rings (SSSR count). The van der Waals surface area contributed by atoms with Crippen LogP contribution in [0.3, 0.4) is 0 Å². The lowest BCUT2D eigenvalue weighted by Gasteiger charge is -2.43. The molecule has 0 unspecified atom stereocenters. The van der Waals surface area contributed by atoms with Gasteiger partial charge in [0.1, 0.15) is 0 Å². The van der Waals surface area contributed by atoms with Gasteiger partial charge in [0.25, 0.3) is 0 Å². The SMILES string of the molecule is CCCCCC1CC[Si]2(CC1)CCC(c1ccc(CCC)cc1)CC2. The maximum atomic E-state index is 2.44. The van der Waals surface area contributed by atoms with Crippen molar-refractivity contribution >= 4 is 8.07 Å². The van der Waals surface area contributed by atoms with Gasteiger partial charge in [0.05, 0.1) is 8.07 Å². The Bertz CT molecular complexity index is 485. The molecular formula is C24H40Si. The van der Waals surface area contributed by atoms with E-state index in [0.29, 0.717) is 0 Å². The third kappa shape index (κ3) is 5.22. The number of hydrogen-bond acceptors (Lipinski definition) is 0. The molecule has 1 aromatic carbocycles. The predicted molar refractivity (Wildman–Crippen MR) is 114 cm³/mol. The highest BCUT2D eigenvalue weighted by Crippen LogP contribution is 2.47. The quantitative estimate of drug-likeness (QED) is 0.343. The summed E-state index contributed by atoms with van der Waals surface area (Å²) in [5.74, 6) is 1.96. The summed E-state index contributed by atoms with van der Waals surface area (Å²) in [5.41, 5.74) is 3.16. The fraction of sp³-hybridized carbons (Fsp3) is 0.750. The second-order valence-electron chi connectivity index (χ2n) is 9.21. The fourth-order valence-corrected chi connectivity index (χ4v) is 11.0. The molecule has 2 fully saturated rings. The first kappa shape index (κ1) is 19.2. The Morgan fingerprint density at radius 3 is 2.04 bits per heavy atom. The van der Waals surface area contributed by atoms with Crippen molar-refractivity contribution in [3.63, 3.8) is 0 Å². The Morgan fingerprint density at radius 2 is 1.44 bits per heavy atom. The van der Waals surface area contributed by atoms with Crippen molar-refractivity contribution in [2.75, 3.05) is 0 Å². The predicted octanol–water partition coefficient (Wildman–Crippen LogP) is 7.96. The Labute approximate surface area is 157 Å². The monoisotopic (exact) mass is 356 g/mol. The molecule has 0 atom stereocenters. The summed E-state index contributed by atoms with van der Waals surface area (Å²) in [6.07, 6.45) is 14.5. The standard InChI is InChI=1S/C24H40Si/c1-3-5-6-8-22-13-17-25(18-14-22)19-15-24(16-20-25)23-11-9-21(7-4-2)10-12-23/h9-12,22,24H,3-8,13-20H2,1-2H3. The minimum Gasteiger partial charge on any atom is -0.0654 e. The molecule has 1 aromatic rings. The van der Waals surface area contributed by atoms with Crippen molar-refractivity contribution in [2.24, 2.45) is 5.92 Å². The topological polar surface area (TPSA) is 0 Å². The summed E-state index contributed by atoms with van der Waals surface area (Å²) >= 11 is 0. The van der Waals surface area contributed by atoms with Crippen LogP contribution in [-0.2, 0) is 6.42 Å². The zero-order chi connectivity index (χ0) is 17.5. The van der Waals surface area contributed by atoms with Crippen molar-refractivity contribution in [2.45, 2.75) is 108 Å². The molecule has 0 amide bonds. The largest absolute Gasteiger partial charge is 0.0654 e. The molecule has 0 N–H and O–H groups in total. The number of aryl methyl sites for hydroxylation is 1. The van der Waals surface area contributed by atoms with Crippen LogP contribution in [0.25, 0.3) is 0 Å². The lowest BCUT2D eigenvalue weighted by Crippen LogP contribution is -2.41. The Kier molecular flexibility index (Phi) is 7.22. The second kappa shape index (κ2) is 9.40. The molecule has 0 aromatic heterocycles. The third-order valence-corrected chi connectivity index (χ3v) is 12.8. The molecule has 0 nitrogen and oxygen atoms in total. The fourth-order valence-electron chi connectivity index (χ4n) is 5.57. The molecule has 0 bridgehead atoms. The highest BCUT2D eigenvalue weighted by Gasteiger charge is 2.40. The Morgan fingerprint density at radius 1 is 0.800 bits per heavy atom. The van der Waals surface area contributed by atoms with E-state index in [1.807, 2.05) is 0 Å². The molecule has 0 aliphatic carbocycles. The number of benzene rings is 1. The molecule has 1 heteroatoms. The van der Waals surface area contributed by atoms with Crippen molar-refractivity contribution < 1.29 is 0 Å². The van der Waals surface area contributed by atoms with Crippen molar-refractivity contribution in [1.29, 1.82) is 0 Å². The molecule has 25 heavy (non-hydrogen) atoms. The van der Waals surface area contributed by atoms with E-state index in [1.54, 1.807) is 42.6 Å². The van der Waals surface area contributed by atoms with Gasteiger partial charge < -0.3 is 0 Å². The molecule has 2 heterocycles. The van der Waals surface area contributed by atoms with Gasteiger partial charge in [0.2, 0.25) is 0 Å². The minimum absolute atomic E-state index is 0.857. The molecule has 140 valence electrons. The zero-order valence-corrected chi connectivity index (χ0v) is 17.9. The van der Waals surface area contributed by atoms with Crippen LogP contribution in [0, 0.1) is 5.92 Å². The molecule has 2 aliphatic heterocycles. The van der Waals surface area contributed by atoms with Crippen LogP contribution < -0.4 is 0 Å². The molecule has 0 radical (unpaired) electrons. The van der Waals surface area contributed by atoms with Gasteiger partial charge in [-0.15, -0.1) is 0 Å².